The van der Waals surface area contributed by atoms with E-state index < -0.39 is 0 Å². The number of hydrogen-bond acceptors (Lipinski definition) is 5. The SMILES string of the molecule is CC(C)CC(=O)NC[C@H]1[C@H]2C[C@H](CN(CCn3cnnc3)C2)c2cccc(=O)n21. The maximum absolute atomic E-state index is 12.7. The second-order valence-corrected chi connectivity index (χ2v) is 8.78. The van der Waals surface area contributed by atoms with Gasteiger partial charge in [0, 0.05) is 56.8 Å². The average molecular weight is 399 g/mol. The van der Waals surface area contributed by atoms with Gasteiger partial charge in [-0.05, 0) is 24.3 Å². The predicted molar refractivity (Wildman–Crippen MR) is 110 cm³/mol. The van der Waals surface area contributed by atoms with Gasteiger partial charge < -0.3 is 19.4 Å². The van der Waals surface area contributed by atoms with E-state index >= 15 is 0 Å². The Morgan fingerprint density at radius 3 is 2.76 bits per heavy atom. The van der Waals surface area contributed by atoms with Crippen LogP contribution in [0.25, 0.3) is 0 Å². The summed E-state index contributed by atoms with van der Waals surface area (Å²) < 4.78 is 3.94. The van der Waals surface area contributed by atoms with Crippen LogP contribution in [0.15, 0.2) is 35.6 Å². The first kappa shape index (κ1) is 19.8. The fraction of sp³-hybridized carbons (Fsp3) is 0.619. The zero-order valence-corrected chi connectivity index (χ0v) is 17.2. The van der Waals surface area contributed by atoms with Gasteiger partial charge in [-0.3, -0.25) is 9.59 Å². The molecule has 2 aliphatic rings. The fourth-order valence-corrected chi connectivity index (χ4v) is 4.84. The van der Waals surface area contributed by atoms with E-state index in [2.05, 4.69) is 26.5 Å². The normalized spacial score (nSPS) is 23.8. The van der Waals surface area contributed by atoms with Gasteiger partial charge in [0.1, 0.15) is 12.7 Å². The number of carbonyl (C=O) groups excluding carboxylic acids is 1. The number of piperidine rings is 1. The number of likely N-dealkylation sites (tertiary alicyclic amines) is 1. The van der Waals surface area contributed by atoms with E-state index in [0.29, 0.717) is 30.7 Å². The number of rotatable bonds is 7. The highest BCUT2D eigenvalue weighted by atomic mass is 16.1. The summed E-state index contributed by atoms with van der Waals surface area (Å²) in [5.41, 5.74) is 1.14. The van der Waals surface area contributed by atoms with E-state index in [1.54, 1.807) is 18.7 Å². The topological polar surface area (TPSA) is 85.1 Å². The molecule has 1 fully saturated rings. The molecule has 0 aromatic carbocycles. The molecule has 8 heteroatoms. The summed E-state index contributed by atoms with van der Waals surface area (Å²) in [5, 5.41) is 10.8. The van der Waals surface area contributed by atoms with Gasteiger partial charge in [-0.2, -0.15) is 0 Å². The third kappa shape index (κ3) is 4.42. The maximum Gasteiger partial charge on any atom is 0.251 e. The van der Waals surface area contributed by atoms with E-state index in [9.17, 15) is 9.59 Å². The molecule has 2 bridgehead atoms. The first-order chi connectivity index (χ1) is 14.0. The molecule has 0 aliphatic carbocycles. The number of nitrogens with one attached hydrogen (secondary N) is 1. The van der Waals surface area contributed by atoms with Crippen molar-refractivity contribution in [3.63, 3.8) is 0 Å². The molecule has 8 nitrogen and oxygen atoms in total. The van der Waals surface area contributed by atoms with Gasteiger partial charge in [0.05, 0.1) is 6.04 Å². The van der Waals surface area contributed by atoms with Crippen LogP contribution in [0, 0.1) is 11.8 Å². The number of hydrogen-bond donors (Lipinski definition) is 1. The van der Waals surface area contributed by atoms with Crippen molar-refractivity contribution in [3.8, 4) is 0 Å². The van der Waals surface area contributed by atoms with E-state index in [1.165, 1.54) is 0 Å². The molecule has 156 valence electrons. The van der Waals surface area contributed by atoms with Crippen LogP contribution < -0.4 is 10.9 Å². The third-order valence-corrected chi connectivity index (χ3v) is 6.12. The van der Waals surface area contributed by atoms with E-state index in [4.69, 9.17) is 0 Å². The number of amides is 1. The first-order valence-electron chi connectivity index (χ1n) is 10.5. The molecule has 1 amide bonds. The van der Waals surface area contributed by atoms with Crippen LogP contribution in [0.2, 0.25) is 0 Å². The van der Waals surface area contributed by atoms with Crippen LogP contribution in [0.4, 0.5) is 0 Å². The number of nitrogens with zero attached hydrogens (tertiary/aromatic N) is 5. The largest absolute Gasteiger partial charge is 0.354 e. The van der Waals surface area contributed by atoms with Crippen LogP contribution in [-0.2, 0) is 11.3 Å². The van der Waals surface area contributed by atoms with Gasteiger partial charge in [-0.25, -0.2) is 0 Å². The molecule has 0 saturated carbocycles. The van der Waals surface area contributed by atoms with Gasteiger partial charge in [0.15, 0.2) is 0 Å². The van der Waals surface area contributed by atoms with Crippen molar-refractivity contribution >= 4 is 5.91 Å². The van der Waals surface area contributed by atoms with Gasteiger partial charge in [0.25, 0.3) is 5.56 Å². The molecule has 4 rings (SSSR count). The minimum Gasteiger partial charge on any atom is -0.354 e. The number of carbonyl (C=O) groups is 1. The summed E-state index contributed by atoms with van der Waals surface area (Å²) >= 11 is 0. The van der Waals surface area contributed by atoms with E-state index in [1.807, 2.05) is 29.0 Å². The molecule has 2 aromatic heterocycles. The van der Waals surface area contributed by atoms with Crippen molar-refractivity contribution in [1.82, 2.24) is 29.5 Å². The van der Waals surface area contributed by atoms with Crippen molar-refractivity contribution in [2.75, 3.05) is 26.2 Å². The molecule has 4 heterocycles. The molecular formula is C21H30N6O2. The summed E-state index contributed by atoms with van der Waals surface area (Å²) in [6.45, 7) is 8.26. The van der Waals surface area contributed by atoms with Crippen LogP contribution in [0.5, 0.6) is 0 Å². The van der Waals surface area contributed by atoms with Gasteiger partial charge in [-0.1, -0.05) is 19.9 Å². The monoisotopic (exact) mass is 398 g/mol. The van der Waals surface area contributed by atoms with Crippen molar-refractivity contribution in [1.29, 1.82) is 0 Å². The molecule has 0 spiro atoms. The summed E-state index contributed by atoms with van der Waals surface area (Å²) in [6, 6.07) is 5.58. The fourth-order valence-electron chi connectivity index (χ4n) is 4.84. The average Bonchev–Trinajstić information content (AvgIpc) is 3.20. The molecule has 0 unspecified atom stereocenters. The Morgan fingerprint density at radius 2 is 2.00 bits per heavy atom. The van der Waals surface area contributed by atoms with Crippen LogP contribution >= 0.6 is 0 Å². The Morgan fingerprint density at radius 1 is 1.21 bits per heavy atom. The lowest BCUT2D eigenvalue weighted by Gasteiger charge is -2.47. The summed E-state index contributed by atoms with van der Waals surface area (Å²) in [7, 11) is 0. The summed E-state index contributed by atoms with van der Waals surface area (Å²) in [5.74, 6) is 1.09. The second kappa shape index (κ2) is 8.49. The van der Waals surface area contributed by atoms with Gasteiger partial charge >= 0.3 is 0 Å². The Bertz CT molecular complexity index is 891. The zero-order chi connectivity index (χ0) is 20.4. The smallest absolute Gasteiger partial charge is 0.251 e. The van der Waals surface area contributed by atoms with Crippen LogP contribution in [-0.4, -0.2) is 56.3 Å². The number of fused-ring (bicyclic) bond motifs is 4. The highest BCUT2D eigenvalue weighted by Crippen LogP contribution is 2.40. The Balaban J connectivity index is 1.52. The van der Waals surface area contributed by atoms with E-state index in [-0.39, 0.29) is 17.5 Å². The van der Waals surface area contributed by atoms with Crippen LogP contribution in [0.3, 0.4) is 0 Å². The van der Waals surface area contributed by atoms with Gasteiger partial charge in [0.2, 0.25) is 5.91 Å². The van der Waals surface area contributed by atoms with E-state index in [0.717, 1.165) is 38.3 Å². The highest BCUT2D eigenvalue weighted by Gasteiger charge is 2.40. The van der Waals surface area contributed by atoms with Crippen LogP contribution in [0.1, 0.15) is 44.3 Å². The lowest BCUT2D eigenvalue weighted by molar-refractivity contribution is -0.122. The molecule has 1 saturated heterocycles. The Labute approximate surface area is 170 Å². The minimum absolute atomic E-state index is 0.00349. The quantitative estimate of drug-likeness (QED) is 0.759. The summed E-state index contributed by atoms with van der Waals surface area (Å²) in [4.78, 5) is 27.4. The van der Waals surface area contributed by atoms with Crippen molar-refractivity contribution in [2.45, 2.75) is 45.2 Å². The lowest BCUT2D eigenvalue weighted by atomic mass is 9.78. The third-order valence-electron chi connectivity index (χ3n) is 6.12. The first-order valence-corrected chi connectivity index (χ1v) is 10.5. The number of aromatic nitrogens is 4. The molecule has 2 aliphatic heterocycles. The predicted octanol–water partition coefficient (Wildman–Crippen LogP) is 1.26. The maximum atomic E-state index is 12.7. The van der Waals surface area contributed by atoms with Crippen molar-refractivity contribution in [2.24, 2.45) is 11.8 Å². The van der Waals surface area contributed by atoms with Gasteiger partial charge in [-0.15, -0.1) is 10.2 Å². The molecule has 3 atom stereocenters. The molecular weight excluding hydrogens is 368 g/mol. The molecule has 0 radical (unpaired) electrons. The number of pyridine rings is 1. The Hall–Kier alpha value is -2.48. The zero-order valence-electron chi connectivity index (χ0n) is 17.2. The lowest BCUT2D eigenvalue weighted by Crippen LogP contribution is -2.52. The summed E-state index contributed by atoms with van der Waals surface area (Å²) in [6.07, 6.45) is 5.07. The highest BCUT2D eigenvalue weighted by molar-refractivity contribution is 5.76. The standard InChI is InChI=1S/C21H30N6O2/c1-15(2)8-20(28)22-10-19-17-9-16(18-4-3-5-21(29)27(18)19)11-25(12-17)6-7-26-13-23-24-14-26/h3-5,13-17,19H,6-12H2,1-2H3,(H,22,28)/t16-,17+,19+/m1/s1. The van der Waals surface area contributed by atoms with Crippen molar-refractivity contribution in [3.05, 3.63) is 46.9 Å². The second-order valence-electron chi connectivity index (χ2n) is 8.78. The molecule has 29 heavy (non-hydrogen) atoms. The minimum atomic E-state index is 0.00349. The Kier molecular flexibility index (Phi) is 5.80. The molecule has 2 aromatic rings. The van der Waals surface area contributed by atoms with Crippen molar-refractivity contribution < 1.29 is 4.79 Å². The molecule has 1 N–H and O–H groups in total.